The fourth-order valence-corrected chi connectivity index (χ4v) is 6.32. The Morgan fingerprint density at radius 1 is 1.05 bits per heavy atom. The molecular weight excluding hydrogens is 280 g/mol. The van der Waals surface area contributed by atoms with Gasteiger partial charge >= 0.3 is 0 Å². The average Bonchev–Trinajstić information content (AvgIpc) is 2.44. The van der Waals surface area contributed by atoms with E-state index in [0.29, 0.717) is 0 Å². The van der Waals surface area contributed by atoms with Crippen LogP contribution >= 0.6 is 0 Å². The van der Waals surface area contributed by atoms with Crippen LogP contribution in [0.25, 0.3) is 0 Å². The van der Waals surface area contributed by atoms with Crippen molar-refractivity contribution in [1.29, 1.82) is 0 Å². The third-order valence-corrected chi connectivity index (χ3v) is 7.34. The summed E-state index contributed by atoms with van der Waals surface area (Å²) in [4.78, 5) is 0. The van der Waals surface area contributed by atoms with Crippen molar-refractivity contribution < 1.29 is 9.32 Å². The molecule has 2 bridgehead atoms. The first kappa shape index (κ1) is 17.2. The van der Waals surface area contributed by atoms with Crippen LogP contribution in [0.2, 0.25) is 0 Å². The summed E-state index contributed by atoms with van der Waals surface area (Å²) in [5.74, 6) is 0. The largest absolute Gasteiger partial charge is 0.390 e. The molecule has 0 aromatic rings. The van der Waals surface area contributed by atoms with Crippen molar-refractivity contribution in [3.8, 4) is 0 Å². The van der Waals surface area contributed by atoms with Crippen LogP contribution in [0.4, 0.5) is 0 Å². The van der Waals surface area contributed by atoms with Crippen LogP contribution in [0, 0.1) is 0 Å². The molecule has 2 nitrogen and oxygen atoms in total. The van der Waals surface area contributed by atoms with Crippen LogP contribution < -0.4 is 0 Å². The van der Waals surface area contributed by atoms with Crippen LogP contribution in [0.3, 0.4) is 0 Å². The topological polar surface area (TPSA) is 37.3 Å². The Bertz CT molecular complexity index is 337. The van der Waals surface area contributed by atoms with Crippen LogP contribution in [-0.2, 0) is 10.8 Å². The minimum absolute atomic E-state index is 0.279. The zero-order valence-electron chi connectivity index (χ0n) is 13.4. The second-order valence-electron chi connectivity index (χ2n) is 7.08. The Morgan fingerprint density at radius 3 is 2.24 bits per heavy atom. The third kappa shape index (κ3) is 5.21. The molecule has 0 spiro atoms. The highest BCUT2D eigenvalue weighted by Crippen LogP contribution is 2.41. The predicted molar refractivity (Wildman–Crippen MR) is 90.9 cm³/mol. The SMILES string of the molecule is C=CCCCCCCCCC1(O)CC2CCCC(C1)S2=O. The van der Waals surface area contributed by atoms with Gasteiger partial charge in [0.2, 0.25) is 0 Å². The second kappa shape index (κ2) is 8.47. The molecule has 0 aromatic carbocycles. The number of unbranched alkanes of at least 4 members (excludes halogenated alkanes) is 6. The molecule has 2 aliphatic heterocycles. The molecule has 2 unspecified atom stereocenters. The van der Waals surface area contributed by atoms with E-state index in [-0.39, 0.29) is 10.5 Å². The van der Waals surface area contributed by atoms with E-state index in [0.717, 1.165) is 44.9 Å². The van der Waals surface area contributed by atoms with E-state index >= 15 is 0 Å². The first-order chi connectivity index (χ1) is 10.1. The van der Waals surface area contributed by atoms with Gasteiger partial charge in [0.1, 0.15) is 0 Å². The lowest BCUT2D eigenvalue weighted by atomic mass is 9.82. The van der Waals surface area contributed by atoms with E-state index in [1.165, 1.54) is 38.5 Å². The summed E-state index contributed by atoms with van der Waals surface area (Å²) in [6.07, 6.45) is 16.5. The van der Waals surface area contributed by atoms with Gasteiger partial charge in [-0.3, -0.25) is 4.21 Å². The van der Waals surface area contributed by atoms with Crippen molar-refractivity contribution in [2.24, 2.45) is 0 Å². The normalized spacial score (nSPS) is 35.6. The Labute approximate surface area is 132 Å². The lowest BCUT2D eigenvalue weighted by Gasteiger charge is -2.43. The van der Waals surface area contributed by atoms with Gasteiger partial charge in [0, 0.05) is 21.3 Å². The van der Waals surface area contributed by atoms with Crippen molar-refractivity contribution in [2.75, 3.05) is 0 Å². The third-order valence-electron chi connectivity index (χ3n) is 5.22. The average molecular weight is 313 g/mol. The maximum absolute atomic E-state index is 12.2. The number of rotatable bonds is 9. The quantitative estimate of drug-likeness (QED) is 0.503. The van der Waals surface area contributed by atoms with Crippen molar-refractivity contribution >= 4 is 10.8 Å². The van der Waals surface area contributed by atoms with Gasteiger partial charge in [0.05, 0.1) is 5.60 Å². The van der Waals surface area contributed by atoms with Crippen molar-refractivity contribution in [3.05, 3.63) is 12.7 Å². The monoisotopic (exact) mass is 312 g/mol. The Hall–Kier alpha value is -0.150. The van der Waals surface area contributed by atoms with E-state index in [1.54, 1.807) is 0 Å². The molecule has 2 heterocycles. The molecule has 0 saturated carbocycles. The Kier molecular flexibility index (Phi) is 6.94. The molecule has 1 N–H and O–H groups in total. The van der Waals surface area contributed by atoms with Crippen LogP contribution in [0.15, 0.2) is 12.7 Å². The standard InChI is InChI=1S/C18H32O2S/c1-2-3-4-5-6-7-8-9-13-18(19)14-16-11-10-12-17(15-18)21(16)20/h2,16-17,19H,1,3-15H2. The molecule has 0 amide bonds. The van der Waals surface area contributed by atoms with Crippen molar-refractivity contribution in [2.45, 2.75) is 99.6 Å². The number of hydrogen-bond acceptors (Lipinski definition) is 2. The molecule has 2 atom stereocenters. The van der Waals surface area contributed by atoms with E-state index < -0.39 is 16.4 Å². The summed E-state index contributed by atoms with van der Waals surface area (Å²) >= 11 is 0. The first-order valence-corrected chi connectivity index (χ1v) is 10.1. The van der Waals surface area contributed by atoms with E-state index in [2.05, 4.69) is 6.58 Å². The minimum Gasteiger partial charge on any atom is -0.390 e. The molecule has 3 heteroatoms. The summed E-state index contributed by atoms with van der Waals surface area (Å²) in [6.45, 7) is 3.75. The van der Waals surface area contributed by atoms with E-state index in [9.17, 15) is 9.32 Å². The predicted octanol–water partition coefficient (Wildman–Crippen LogP) is 4.49. The van der Waals surface area contributed by atoms with E-state index in [4.69, 9.17) is 0 Å². The maximum Gasteiger partial charge on any atom is 0.0670 e. The molecule has 2 rings (SSSR count). The van der Waals surface area contributed by atoms with Gasteiger partial charge in [-0.1, -0.05) is 44.6 Å². The van der Waals surface area contributed by atoms with Gasteiger partial charge in [-0.05, 0) is 44.9 Å². The highest BCUT2D eigenvalue weighted by molar-refractivity contribution is 7.86. The minimum atomic E-state index is -0.664. The number of hydrogen-bond donors (Lipinski definition) is 1. The fraction of sp³-hybridized carbons (Fsp3) is 0.889. The van der Waals surface area contributed by atoms with E-state index in [1.807, 2.05) is 6.08 Å². The first-order valence-electron chi connectivity index (χ1n) is 8.87. The molecule has 2 saturated heterocycles. The zero-order valence-corrected chi connectivity index (χ0v) is 14.2. The highest BCUT2D eigenvalue weighted by Gasteiger charge is 2.44. The van der Waals surface area contributed by atoms with Crippen LogP contribution in [0.1, 0.15) is 83.5 Å². The Balaban J connectivity index is 1.61. The lowest BCUT2D eigenvalue weighted by Crippen LogP contribution is -2.48. The van der Waals surface area contributed by atoms with Crippen molar-refractivity contribution in [3.63, 3.8) is 0 Å². The number of fused-ring (bicyclic) bond motifs is 2. The molecule has 2 fully saturated rings. The van der Waals surface area contributed by atoms with Gasteiger partial charge in [-0.2, -0.15) is 0 Å². The van der Waals surface area contributed by atoms with Gasteiger partial charge in [0.25, 0.3) is 0 Å². The van der Waals surface area contributed by atoms with Crippen LogP contribution in [0.5, 0.6) is 0 Å². The fourth-order valence-electron chi connectivity index (χ4n) is 4.03. The number of allylic oxidation sites excluding steroid dienone is 1. The summed E-state index contributed by atoms with van der Waals surface area (Å²) in [5.41, 5.74) is -0.507. The molecule has 0 aliphatic carbocycles. The molecule has 122 valence electrons. The summed E-state index contributed by atoms with van der Waals surface area (Å²) in [6, 6.07) is 0. The molecule has 0 aromatic heterocycles. The van der Waals surface area contributed by atoms with Gasteiger partial charge in [0.15, 0.2) is 0 Å². The second-order valence-corrected chi connectivity index (χ2v) is 9.08. The summed E-state index contributed by atoms with van der Waals surface area (Å²) in [7, 11) is -0.664. The number of aliphatic hydroxyl groups is 1. The molecule has 2 aliphatic rings. The summed E-state index contributed by atoms with van der Waals surface area (Å²) in [5, 5.41) is 11.4. The van der Waals surface area contributed by atoms with Crippen molar-refractivity contribution in [1.82, 2.24) is 0 Å². The lowest BCUT2D eigenvalue weighted by molar-refractivity contribution is 0.000871. The van der Waals surface area contributed by atoms with Gasteiger partial charge in [-0.25, -0.2) is 0 Å². The van der Waals surface area contributed by atoms with Gasteiger partial charge in [-0.15, -0.1) is 6.58 Å². The zero-order chi connectivity index (χ0) is 15.1. The molecular formula is C18H32O2S. The Morgan fingerprint density at radius 2 is 1.62 bits per heavy atom. The molecule has 0 radical (unpaired) electrons. The van der Waals surface area contributed by atoms with Gasteiger partial charge < -0.3 is 5.11 Å². The smallest absolute Gasteiger partial charge is 0.0670 e. The van der Waals surface area contributed by atoms with Crippen LogP contribution in [-0.4, -0.2) is 25.4 Å². The molecule has 21 heavy (non-hydrogen) atoms. The summed E-state index contributed by atoms with van der Waals surface area (Å²) < 4.78 is 12.2. The maximum atomic E-state index is 12.2. The highest BCUT2D eigenvalue weighted by atomic mass is 32.2.